The molecule has 3 rings (SSSR count). The Morgan fingerprint density at radius 1 is 1.12 bits per heavy atom. The summed E-state index contributed by atoms with van der Waals surface area (Å²) in [6.07, 6.45) is 7.47. The number of rotatable bonds is 4. The number of hydrogen-bond donors (Lipinski definition) is 0. The molecule has 2 heteroatoms. The summed E-state index contributed by atoms with van der Waals surface area (Å²) in [7, 11) is 3.49. The van der Waals surface area contributed by atoms with Crippen molar-refractivity contribution >= 4 is 0 Å². The molecule has 0 amide bonds. The lowest BCUT2D eigenvalue weighted by Crippen LogP contribution is -2.50. The molecule has 0 bridgehead atoms. The molecule has 0 aliphatic heterocycles. The van der Waals surface area contributed by atoms with E-state index in [-0.39, 0.29) is 0 Å². The second-order valence-electron chi connectivity index (χ2n) is 9.03. The molecule has 2 nitrogen and oxygen atoms in total. The minimum Gasteiger partial charge on any atom is -0.497 e. The van der Waals surface area contributed by atoms with Gasteiger partial charge in [0.05, 0.1) is 14.2 Å². The number of benzene rings is 1. The van der Waals surface area contributed by atoms with E-state index < -0.39 is 0 Å². The van der Waals surface area contributed by atoms with Gasteiger partial charge in [0.15, 0.2) is 0 Å². The van der Waals surface area contributed by atoms with Gasteiger partial charge in [-0.3, -0.25) is 0 Å². The lowest BCUT2D eigenvalue weighted by atomic mass is 9.47. The monoisotopic (exact) mass is 342 g/mol. The maximum absolute atomic E-state index is 5.65. The number of methoxy groups -OCH3 is 2. The lowest BCUT2D eigenvalue weighted by Gasteiger charge is -2.58. The van der Waals surface area contributed by atoms with Crippen molar-refractivity contribution in [3.63, 3.8) is 0 Å². The Bertz CT molecular complexity index is 645. The summed E-state index contributed by atoms with van der Waals surface area (Å²) >= 11 is 0. The molecule has 0 heterocycles. The van der Waals surface area contributed by atoms with Crippen LogP contribution >= 0.6 is 0 Å². The molecule has 2 saturated carbocycles. The molecule has 1 aromatic carbocycles. The molecule has 0 aromatic heterocycles. The van der Waals surface area contributed by atoms with Gasteiger partial charge in [-0.05, 0) is 78.5 Å². The van der Waals surface area contributed by atoms with Crippen LogP contribution in [0.1, 0.15) is 58.4 Å². The molecule has 1 aromatic rings. The zero-order chi connectivity index (χ0) is 18.2. The first-order valence-corrected chi connectivity index (χ1v) is 9.70. The van der Waals surface area contributed by atoms with E-state index in [0.29, 0.717) is 16.7 Å². The Morgan fingerprint density at radius 3 is 2.56 bits per heavy atom. The predicted molar refractivity (Wildman–Crippen MR) is 104 cm³/mol. The van der Waals surface area contributed by atoms with Crippen molar-refractivity contribution in [3.05, 3.63) is 35.9 Å². The van der Waals surface area contributed by atoms with Gasteiger partial charge in [0.1, 0.15) is 11.5 Å². The number of hydrogen-bond acceptors (Lipinski definition) is 2. The van der Waals surface area contributed by atoms with E-state index in [0.717, 1.165) is 23.8 Å². The minimum absolute atomic E-state index is 0.338. The van der Waals surface area contributed by atoms with E-state index in [1.165, 1.54) is 43.2 Å². The van der Waals surface area contributed by atoms with Crippen LogP contribution < -0.4 is 9.47 Å². The SMILES string of the molecule is C=C1CC[C@H]2C(C)(C)CCC[C@]2(C)[C@H]1Cc1cc(OC)ccc1OC. The summed E-state index contributed by atoms with van der Waals surface area (Å²) in [4.78, 5) is 0. The van der Waals surface area contributed by atoms with E-state index in [1.54, 1.807) is 14.2 Å². The van der Waals surface area contributed by atoms with Crippen molar-refractivity contribution in [1.29, 1.82) is 0 Å². The third-order valence-electron chi connectivity index (χ3n) is 7.23. The number of allylic oxidation sites excluding steroid dienone is 1. The smallest absolute Gasteiger partial charge is 0.122 e. The molecule has 0 saturated heterocycles. The Labute approximate surface area is 153 Å². The van der Waals surface area contributed by atoms with Gasteiger partial charge in [0, 0.05) is 0 Å². The Kier molecular flexibility index (Phi) is 4.92. The van der Waals surface area contributed by atoms with Crippen LogP contribution in [0.3, 0.4) is 0 Å². The van der Waals surface area contributed by atoms with Crippen molar-refractivity contribution in [2.24, 2.45) is 22.7 Å². The van der Waals surface area contributed by atoms with Gasteiger partial charge in [0.25, 0.3) is 0 Å². The predicted octanol–water partition coefficient (Wildman–Crippen LogP) is 6.05. The van der Waals surface area contributed by atoms with E-state index in [2.05, 4.69) is 33.4 Å². The minimum atomic E-state index is 0.338. The highest BCUT2D eigenvalue weighted by Gasteiger charge is 2.52. The molecule has 0 spiro atoms. The van der Waals surface area contributed by atoms with Crippen LogP contribution in [0.15, 0.2) is 30.4 Å². The van der Waals surface area contributed by atoms with Crippen LogP contribution in [-0.2, 0) is 6.42 Å². The lowest BCUT2D eigenvalue weighted by molar-refractivity contribution is -0.0518. The molecular weight excluding hydrogens is 308 g/mol. The first-order valence-electron chi connectivity index (χ1n) is 9.70. The average molecular weight is 343 g/mol. The fraction of sp³-hybridized carbons (Fsp3) is 0.652. The van der Waals surface area contributed by atoms with Crippen LogP contribution in [0.2, 0.25) is 0 Å². The second-order valence-corrected chi connectivity index (χ2v) is 9.03. The summed E-state index contributed by atoms with van der Waals surface area (Å²) in [5, 5.41) is 0. The molecule has 25 heavy (non-hydrogen) atoms. The molecular formula is C23H34O2. The van der Waals surface area contributed by atoms with Crippen molar-refractivity contribution in [2.75, 3.05) is 14.2 Å². The average Bonchev–Trinajstić information content (AvgIpc) is 2.57. The van der Waals surface area contributed by atoms with E-state index in [1.807, 2.05) is 12.1 Å². The molecule has 0 N–H and O–H groups in total. The fourth-order valence-corrected chi connectivity index (χ4v) is 5.91. The zero-order valence-electron chi connectivity index (χ0n) is 16.7. The Balaban J connectivity index is 1.96. The van der Waals surface area contributed by atoms with Crippen LogP contribution in [-0.4, -0.2) is 14.2 Å². The van der Waals surface area contributed by atoms with Crippen molar-refractivity contribution in [2.45, 2.75) is 59.3 Å². The second kappa shape index (κ2) is 6.70. The first kappa shape index (κ1) is 18.4. The van der Waals surface area contributed by atoms with Gasteiger partial charge in [-0.25, -0.2) is 0 Å². The van der Waals surface area contributed by atoms with Crippen LogP contribution in [0.5, 0.6) is 11.5 Å². The molecule has 2 aliphatic carbocycles. The summed E-state index contributed by atoms with van der Waals surface area (Å²) < 4.78 is 11.1. The summed E-state index contributed by atoms with van der Waals surface area (Å²) in [5.41, 5.74) is 3.45. The highest BCUT2D eigenvalue weighted by atomic mass is 16.5. The largest absolute Gasteiger partial charge is 0.497 e. The molecule has 2 aliphatic rings. The zero-order valence-corrected chi connectivity index (χ0v) is 16.7. The third kappa shape index (κ3) is 3.20. The van der Waals surface area contributed by atoms with Crippen LogP contribution in [0.25, 0.3) is 0 Å². The van der Waals surface area contributed by atoms with Crippen molar-refractivity contribution in [3.8, 4) is 11.5 Å². The van der Waals surface area contributed by atoms with Gasteiger partial charge in [-0.1, -0.05) is 39.3 Å². The van der Waals surface area contributed by atoms with Gasteiger partial charge in [0.2, 0.25) is 0 Å². The van der Waals surface area contributed by atoms with Crippen LogP contribution in [0, 0.1) is 22.7 Å². The molecule has 0 unspecified atom stereocenters. The molecule has 3 atom stereocenters. The Hall–Kier alpha value is -1.44. The van der Waals surface area contributed by atoms with Gasteiger partial charge in [-0.2, -0.15) is 0 Å². The molecule has 0 radical (unpaired) electrons. The number of fused-ring (bicyclic) bond motifs is 1. The highest BCUT2D eigenvalue weighted by Crippen LogP contribution is 2.61. The first-order chi connectivity index (χ1) is 11.8. The summed E-state index contributed by atoms with van der Waals surface area (Å²) in [5.74, 6) is 3.17. The third-order valence-corrected chi connectivity index (χ3v) is 7.23. The fourth-order valence-electron chi connectivity index (χ4n) is 5.91. The van der Waals surface area contributed by atoms with E-state index in [9.17, 15) is 0 Å². The van der Waals surface area contributed by atoms with Gasteiger partial charge >= 0.3 is 0 Å². The molecule has 138 valence electrons. The summed E-state index contributed by atoms with van der Waals surface area (Å²) in [6, 6.07) is 6.16. The maximum atomic E-state index is 5.65. The van der Waals surface area contributed by atoms with Crippen molar-refractivity contribution in [1.82, 2.24) is 0 Å². The van der Waals surface area contributed by atoms with E-state index >= 15 is 0 Å². The topological polar surface area (TPSA) is 18.5 Å². The van der Waals surface area contributed by atoms with Gasteiger partial charge in [-0.15, -0.1) is 0 Å². The normalized spacial score (nSPS) is 31.3. The molecule has 2 fully saturated rings. The standard InChI is InChI=1S/C23H34O2/c1-16-8-11-21-22(2,3)12-7-13-23(21,4)19(16)15-17-14-18(24-5)9-10-20(17)25-6/h9-10,14,19,21H,1,7-8,11-13,15H2,2-6H3/t19-,21-,23+/m0/s1. The quantitative estimate of drug-likeness (QED) is 0.621. The number of ether oxygens (including phenoxy) is 2. The van der Waals surface area contributed by atoms with E-state index in [4.69, 9.17) is 9.47 Å². The Morgan fingerprint density at radius 2 is 1.88 bits per heavy atom. The highest BCUT2D eigenvalue weighted by molar-refractivity contribution is 5.41. The maximum Gasteiger partial charge on any atom is 0.122 e. The van der Waals surface area contributed by atoms with Crippen LogP contribution in [0.4, 0.5) is 0 Å². The van der Waals surface area contributed by atoms with Crippen molar-refractivity contribution < 1.29 is 9.47 Å². The van der Waals surface area contributed by atoms with Gasteiger partial charge < -0.3 is 9.47 Å². The summed E-state index contributed by atoms with van der Waals surface area (Å²) in [6.45, 7) is 12.0.